The zero-order chi connectivity index (χ0) is 23.1. The maximum atomic E-state index is 13.7. The summed E-state index contributed by atoms with van der Waals surface area (Å²) in [5.41, 5.74) is 3.58. The van der Waals surface area contributed by atoms with Crippen molar-refractivity contribution in [1.82, 2.24) is 5.43 Å². The fraction of sp³-hybridized carbons (Fsp3) is 0.130. The van der Waals surface area contributed by atoms with Gasteiger partial charge in [-0.25, -0.2) is 18.2 Å². The molecule has 9 heteroatoms. The van der Waals surface area contributed by atoms with Crippen LogP contribution in [0.1, 0.15) is 11.1 Å². The Balaban J connectivity index is 1.88. The van der Waals surface area contributed by atoms with Gasteiger partial charge in [0.15, 0.2) is 0 Å². The molecule has 7 nitrogen and oxygen atoms in total. The predicted octanol–water partition coefficient (Wildman–Crippen LogP) is 3.49. The van der Waals surface area contributed by atoms with Crippen LogP contribution in [0.15, 0.2) is 82.8 Å². The molecule has 0 aliphatic carbocycles. The molecule has 0 unspecified atom stereocenters. The summed E-state index contributed by atoms with van der Waals surface area (Å²) in [4.78, 5) is 12.6. The van der Waals surface area contributed by atoms with E-state index in [9.17, 15) is 17.6 Å². The van der Waals surface area contributed by atoms with Gasteiger partial charge < -0.3 is 4.74 Å². The predicted molar refractivity (Wildman–Crippen MR) is 121 cm³/mol. The Morgan fingerprint density at radius 3 is 2.50 bits per heavy atom. The Hall–Kier alpha value is -3.72. The second-order valence-electron chi connectivity index (χ2n) is 6.84. The quantitative estimate of drug-likeness (QED) is 0.416. The van der Waals surface area contributed by atoms with Crippen molar-refractivity contribution in [2.45, 2.75) is 11.8 Å². The second-order valence-corrected chi connectivity index (χ2v) is 8.70. The van der Waals surface area contributed by atoms with Crippen LogP contribution in [0.3, 0.4) is 0 Å². The van der Waals surface area contributed by atoms with Gasteiger partial charge in [0.05, 0.1) is 23.9 Å². The van der Waals surface area contributed by atoms with E-state index in [1.165, 1.54) is 43.5 Å². The maximum absolute atomic E-state index is 13.7. The summed E-state index contributed by atoms with van der Waals surface area (Å²) in [6, 6.07) is 18.6. The molecular weight excluding hydrogens is 433 g/mol. The third kappa shape index (κ3) is 5.50. The lowest BCUT2D eigenvalue weighted by atomic mass is 10.2. The number of halogens is 1. The van der Waals surface area contributed by atoms with E-state index >= 15 is 0 Å². The number of carbonyl (C=O) groups excluding carboxylic acids is 1. The first kappa shape index (κ1) is 23.0. The number of nitrogens with zero attached hydrogens (tertiary/aromatic N) is 2. The molecule has 1 N–H and O–H groups in total. The summed E-state index contributed by atoms with van der Waals surface area (Å²) >= 11 is 0. The van der Waals surface area contributed by atoms with Gasteiger partial charge in [-0.1, -0.05) is 42.0 Å². The van der Waals surface area contributed by atoms with E-state index in [0.717, 1.165) is 16.1 Å². The standard InChI is InChI=1S/C23H22FN3O4S/c1-17-10-12-21(13-11-17)32(29,30)27(19-7-5-8-20(14-19)31-2)16-23(28)26-25-15-18-6-3-4-9-22(18)24/h3-15H,16H2,1-2H3,(H,26,28)/b25-15-. The highest BCUT2D eigenvalue weighted by Crippen LogP contribution is 2.27. The number of sulfonamides is 1. The lowest BCUT2D eigenvalue weighted by Crippen LogP contribution is -2.39. The number of hydrogen-bond donors (Lipinski definition) is 1. The number of ether oxygens (including phenoxy) is 1. The van der Waals surface area contributed by atoms with Crippen molar-refractivity contribution < 1.29 is 22.3 Å². The summed E-state index contributed by atoms with van der Waals surface area (Å²) < 4.78 is 46.5. The SMILES string of the molecule is COc1cccc(N(CC(=O)N/N=C\c2ccccc2F)S(=O)(=O)c2ccc(C)cc2)c1. The van der Waals surface area contributed by atoms with Gasteiger partial charge in [0, 0.05) is 11.6 Å². The molecule has 0 saturated heterocycles. The second kappa shape index (κ2) is 10.1. The summed E-state index contributed by atoms with van der Waals surface area (Å²) in [6.07, 6.45) is 1.15. The van der Waals surface area contributed by atoms with Crippen molar-refractivity contribution >= 4 is 27.8 Å². The van der Waals surface area contributed by atoms with Crippen LogP contribution in [0, 0.1) is 12.7 Å². The minimum atomic E-state index is -4.07. The zero-order valence-electron chi connectivity index (χ0n) is 17.5. The van der Waals surface area contributed by atoms with Crippen LogP contribution < -0.4 is 14.5 Å². The molecule has 0 spiro atoms. The molecule has 32 heavy (non-hydrogen) atoms. The molecule has 0 atom stereocenters. The lowest BCUT2D eigenvalue weighted by Gasteiger charge is -2.24. The molecule has 0 bridgehead atoms. The van der Waals surface area contributed by atoms with Gasteiger partial charge in [0.2, 0.25) is 0 Å². The number of amides is 1. The summed E-state index contributed by atoms with van der Waals surface area (Å²) in [6.45, 7) is 1.30. The van der Waals surface area contributed by atoms with Gasteiger partial charge in [-0.15, -0.1) is 0 Å². The van der Waals surface area contributed by atoms with E-state index in [1.807, 2.05) is 6.92 Å². The summed E-state index contributed by atoms with van der Waals surface area (Å²) in [7, 11) is -2.61. The van der Waals surface area contributed by atoms with Crippen LogP contribution in [0.4, 0.5) is 10.1 Å². The number of hydrogen-bond acceptors (Lipinski definition) is 5. The van der Waals surface area contributed by atoms with Gasteiger partial charge in [0.1, 0.15) is 18.1 Å². The normalized spacial score (nSPS) is 11.3. The highest BCUT2D eigenvalue weighted by atomic mass is 32.2. The minimum Gasteiger partial charge on any atom is -0.497 e. The van der Waals surface area contributed by atoms with E-state index < -0.39 is 28.3 Å². The van der Waals surface area contributed by atoms with Crippen molar-refractivity contribution in [3.8, 4) is 5.75 Å². The van der Waals surface area contributed by atoms with Crippen LogP contribution in [0.25, 0.3) is 0 Å². The van der Waals surface area contributed by atoms with Gasteiger partial charge in [-0.2, -0.15) is 5.10 Å². The van der Waals surface area contributed by atoms with E-state index in [0.29, 0.717) is 5.75 Å². The Bertz CT molecular complexity index is 1230. The lowest BCUT2D eigenvalue weighted by molar-refractivity contribution is -0.119. The highest BCUT2D eigenvalue weighted by molar-refractivity contribution is 7.92. The molecule has 166 valence electrons. The van der Waals surface area contributed by atoms with Crippen molar-refractivity contribution in [2.75, 3.05) is 18.0 Å². The van der Waals surface area contributed by atoms with Crippen molar-refractivity contribution in [3.05, 3.63) is 89.7 Å². The van der Waals surface area contributed by atoms with Gasteiger partial charge in [0.25, 0.3) is 15.9 Å². The smallest absolute Gasteiger partial charge is 0.264 e. The number of benzene rings is 3. The number of hydrazone groups is 1. The average molecular weight is 456 g/mol. The van der Waals surface area contributed by atoms with E-state index in [4.69, 9.17) is 4.74 Å². The fourth-order valence-corrected chi connectivity index (χ4v) is 4.25. The molecule has 3 aromatic carbocycles. The molecule has 0 fully saturated rings. The molecule has 0 radical (unpaired) electrons. The van der Waals surface area contributed by atoms with Crippen molar-refractivity contribution in [1.29, 1.82) is 0 Å². The third-order valence-corrected chi connectivity index (χ3v) is 6.32. The molecule has 1 amide bonds. The Kier molecular flexibility index (Phi) is 7.21. The topological polar surface area (TPSA) is 88.1 Å². The molecule has 0 heterocycles. The molecular formula is C23H22FN3O4S. The molecule has 0 aromatic heterocycles. The van der Waals surface area contributed by atoms with E-state index in [1.54, 1.807) is 36.4 Å². The van der Waals surface area contributed by atoms with Crippen LogP contribution in [0.5, 0.6) is 5.75 Å². The molecule has 0 aliphatic rings. The van der Waals surface area contributed by atoms with Gasteiger partial charge in [-0.3, -0.25) is 9.10 Å². The van der Waals surface area contributed by atoms with E-state index in [-0.39, 0.29) is 16.1 Å². The van der Waals surface area contributed by atoms with Crippen molar-refractivity contribution in [2.24, 2.45) is 5.10 Å². The number of methoxy groups -OCH3 is 1. The largest absolute Gasteiger partial charge is 0.497 e. The Morgan fingerprint density at radius 1 is 1.09 bits per heavy atom. The van der Waals surface area contributed by atoms with Gasteiger partial charge >= 0.3 is 0 Å². The van der Waals surface area contributed by atoms with Crippen LogP contribution in [-0.2, 0) is 14.8 Å². The highest BCUT2D eigenvalue weighted by Gasteiger charge is 2.27. The van der Waals surface area contributed by atoms with Crippen LogP contribution in [-0.4, -0.2) is 34.2 Å². The Morgan fingerprint density at radius 2 is 1.81 bits per heavy atom. The molecule has 3 rings (SSSR count). The first-order chi connectivity index (χ1) is 15.3. The third-order valence-electron chi connectivity index (χ3n) is 4.54. The average Bonchev–Trinajstić information content (AvgIpc) is 2.79. The Labute approximate surface area is 186 Å². The molecule has 3 aromatic rings. The fourth-order valence-electron chi connectivity index (χ4n) is 2.84. The summed E-state index contributed by atoms with van der Waals surface area (Å²) in [5, 5.41) is 3.74. The molecule has 0 saturated carbocycles. The number of anilines is 1. The van der Waals surface area contributed by atoms with Crippen molar-refractivity contribution in [3.63, 3.8) is 0 Å². The van der Waals surface area contributed by atoms with Crippen LogP contribution in [0.2, 0.25) is 0 Å². The number of rotatable bonds is 8. The van der Waals surface area contributed by atoms with E-state index in [2.05, 4.69) is 10.5 Å². The number of aryl methyl sites for hydroxylation is 1. The zero-order valence-corrected chi connectivity index (χ0v) is 18.3. The number of carbonyl (C=O) groups is 1. The molecule has 0 aliphatic heterocycles. The minimum absolute atomic E-state index is 0.0357. The summed E-state index contributed by atoms with van der Waals surface area (Å²) in [5.74, 6) is -0.758. The van der Waals surface area contributed by atoms with Crippen LogP contribution >= 0.6 is 0 Å². The first-order valence-corrected chi connectivity index (χ1v) is 11.0. The van der Waals surface area contributed by atoms with Gasteiger partial charge in [-0.05, 0) is 37.3 Å². The first-order valence-electron chi connectivity index (χ1n) is 9.61. The maximum Gasteiger partial charge on any atom is 0.264 e. The number of nitrogens with one attached hydrogen (secondary N) is 1. The monoisotopic (exact) mass is 455 g/mol.